The molecule has 2 heterocycles. The SMILES string of the molecule is CNC(=O)C1Cc2ccccc2N1Cc1ccc(Br)cn1. The summed E-state index contributed by atoms with van der Waals surface area (Å²) >= 11 is 3.39. The fourth-order valence-electron chi connectivity index (χ4n) is 2.72. The summed E-state index contributed by atoms with van der Waals surface area (Å²) in [7, 11) is 1.68. The van der Waals surface area contributed by atoms with Gasteiger partial charge in [0.25, 0.3) is 0 Å². The molecule has 0 saturated carbocycles. The average molecular weight is 346 g/mol. The first-order valence-corrected chi connectivity index (χ1v) is 7.65. The molecule has 1 aromatic heterocycles. The predicted octanol–water partition coefficient (Wildman–Crippen LogP) is 2.52. The molecule has 1 N–H and O–H groups in total. The van der Waals surface area contributed by atoms with Crippen molar-refractivity contribution in [1.29, 1.82) is 0 Å². The van der Waals surface area contributed by atoms with Crippen LogP contribution in [0.3, 0.4) is 0 Å². The number of hydrogen-bond acceptors (Lipinski definition) is 3. The number of aromatic nitrogens is 1. The van der Waals surface area contributed by atoms with Crippen LogP contribution in [0.4, 0.5) is 5.69 Å². The number of rotatable bonds is 3. The first-order valence-electron chi connectivity index (χ1n) is 6.85. The summed E-state index contributed by atoms with van der Waals surface area (Å²) in [4.78, 5) is 18.7. The summed E-state index contributed by atoms with van der Waals surface area (Å²) in [6, 6.07) is 12.0. The second-order valence-corrected chi connectivity index (χ2v) is 5.97. The van der Waals surface area contributed by atoms with Gasteiger partial charge in [0.2, 0.25) is 5.91 Å². The maximum atomic E-state index is 12.2. The molecule has 108 valence electrons. The summed E-state index contributed by atoms with van der Waals surface area (Å²) in [5.41, 5.74) is 3.28. The van der Waals surface area contributed by atoms with Gasteiger partial charge in [-0.3, -0.25) is 9.78 Å². The molecule has 4 nitrogen and oxygen atoms in total. The lowest BCUT2D eigenvalue weighted by Crippen LogP contribution is -2.43. The average Bonchev–Trinajstić information content (AvgIpc) is 2.88. The quantitative estimate of drug-likeness (QED) is 0.929. The van der Waals surface area contributed by atoms with E-state index in [0.29, 0.717) is 6.54 Å². The largest absolute Gasteiger partial charge is 0.357 e. The van der Waals surface area contributed by atoms with Crippen molar-refractivity contribution >= 4 is 27.5 Å². The predicted molar refractivity (Wildman–Crippen MR) is 86.1 cm³/mol. The smallest absolute Gasteiger partial charge is 0.242 e. The topological polar surface area (TPSA) is 45.2 Å². The van der Waals surface area contributed by atoms with E-state index in [1.54, 1.807) is 13.2 Å². The van der Waals surface area contributed by atoms with Gasteiger partial charge in [-0.05, 0) is 39.7 Å². The zero-order chi connectivity index (χ0) is 14.8. The van der Waals surface area contributed by atoms with Crippen LogP contribution in [-0.2, 0) is 17.8 Å². The minimum atomic E-state index is -0.169. The van der Waals surface area contributed by atoms with Crippen LogP contribution in [0, 0.1) is 0 Å². The van der Waals surface area contributed by atoms with Gasteiger partial charge in [-0.25, -0.2) is 0 Å². The van der Waals surface area contributed by atoms with Crippen molar-refractivity contribution in [2.45, 2.75) is 19.0 Å². The summed E-state index contributed by atoms with van der Waals surface area (Å²) in [5, 5.41) is 2.76. The molecule has 0 radical (unpaired) electrons. The van der Waals surface area contributed by atoms with Gasteiger partial charge in [-0.2, -0.15) is 0 Å². The molecule has 0 bridgehead atoms. The van der Waals surface area contributed by atoms with Crippen LogP contribution in [0.2, 0.25) is 0 Å². The normalized spacial score (nSPS) is 16.7. The summed E-state index contributed by atoms with van der Waals surface area (Å²) in [5.74, 6) is 0.0447. The van der Waals surface area contributed by atoms with Crippen LogP contribution in [0.15, 0.2) is 47.1 Å². The second kappa shape index (κ2) is 5.85. The van der Waals surface area contributed by atoms with Crippen LogP contribution in [0.5, 0.6) is 0 Å². The molecule has 1 aliphatic heterocycles. The van der Waals surface area contributed by atoms with Gasteiger partial charge < -0.3 is 10.2 Å². The van der Waals surface area contributed by atoms with Gasteiger partial charge in [-0.15, -0.1) is 0 Å². The van der Waals surface area contributed by atoms with Gasteiger partial charge in [-0.1, -0.05) is 18.2 Å². The van der Waals surface area contributed by atoms with E-state index in [0.717, 1.165) is 22.3 Å². The minimum Gasteiger partial charge on any atom is -0.357 e. The van der Waals surface area contributed by atoms with E-state index in [9.17, 15) is 4.79 Å². The van der Waals surface area contributed by atoms with Crippen molar-refractivity contribution < 1.29 is 4.79 Å². The standard InChI is InChI=1S/C16H16BrN3O/c1-18-16(21)15-8-11-4-2-3-5-14(11)20(15)10-13-7-6-12(17)9-19-13/h2-7,9,15H,8,10H2,1H3,(H,18,21). The number of benzene rings is 1. The third-order valence-electron chi connectivity index (χ3n) is 3.76. The molecule has 1 amide bonds. The Morgan fingerprint density at radius 2 is 2.19 bits per heavy atom. The van der Waals surface area contributed by atoms with E-state index in [4.69, 9.17) is 0 Å². The number of nitrogens with zero attached hydrogens (tertiary/aromatic N) is 2. The van der Waals surface area contributed by atoms with Crippen molar-refractivity contribution in [3.05, 3.63) is 58.3 Å². The van der Waals surface area contributed by atoms with E-state index < -0.39 is 0 Å². The molecule has 0 spiro atoms. The van der Waals surface area contributed by atoms with Crippen molar-refractivity contribution in [2.24, 2.45) is 0 Å². The molecule has 1 atom stereocenters. The van der Waals surface area contributed by atoms with Gasteiger partial charge in [0.1, 0.15) is 6.04 Å². The molecule has 0 aliphatic carbocycles. The Hall–Kier alpha value is -1.88. The number of carbonyl (C=O) groups is 1. The molecule has 3 rings (SSSR count). The molecule has 2 aromatic rings. The first-order chi connectivity index (χ1) is 10.2. The number of carbonyl (C=O) groups excluding carboxylic acids is 1. The zero-order valence-corrected chi connectivity index (χ0v) is 13.3. The number of halogens is 1. The van der Waals surface area contributed by atoms with Gasteiger partial charge in [0.05, 0.1) is 12.2 Å². The number of likely N-dealkylation sites (N-methyl/N-ethyl adjacent to an activating group) is 1. The van der Waals surface area contributed by atoms with E-state index in [1.165, 1.54) is 5.56 Å². The van der Waals surface area contributed by atoms with E-state index >= 15 is 0 Å². The lowest BCUT2D eigenvalue weighted by atomic mass is 10.1. The lowest BCUT2D eigenvalue weighted by molar-refractivity contribution is -0.121. The number of anilines is 1. The Morgan fingerprint density at radius 1 is 1.38 bits per heavy atom. The number of fused-ring (bicyclic) bond motifs is 1. The van der Waals surface area contributed by atoms with Crippen molar-refractivity contribution in [3.8, 4) is 0 Å². The van der Waals surface area contributed by atoms with Crippen molar-refractivity contribution in [1.82, 2.24) is 10.3 Å². The molecule has 1 unspecified atom stereocenters. The number of nitrogens with one attached hydrogen (secondary N) is 1. The fraction of sp³-hybridized carbons (Fsp3) is 0.250. The number of para-hydroxylation sites is 1. The van der Waals surface area contributed by atoms with Gasteiger partial charge in [0.15, 0.2) is 0 Å². The Labute approximate surface area is 132 Å². The molecule has 1 aliphatic rings. The second-order valence-electron chi connectivity index (χ2n) is 5.06. The van der Waals surface area contributed by atoms with Gasteiger partial charge in [0, 0.05) is 29.8 Å². The first kappa shape index (κ1) is 14.1. The number of hydrogen-bond donors (Lipinski definition) is 1. The molecule has 5 heteroatoms. The Balaban J connectivity index is 1.91. The Bertz CT molecular complexity index is 657. The number of pyridine rings is 1. The fourth-order valence-corrected chi connectivity index (χ4v) is 2.96. The van der Waals surface area contributed by atoms with Crippen LogP contribution in [0.1, 0.15) is 11.3 Å². The molecule has 0 fully saturated rings. The lowest BCUT2D eigenvalue weighted by Gasteiger charge is -2.26. The summed E-state index contributed by atoms with van der Waals surface area (Å²) in [6.45, 7) is 0.627. The maximum absolute atomic E-state index is 12.2. The Morgan fingerprint density at radius 3 is 2.90 bits per heavy atom. The van der Waals surface area contributed by atoms with E-state index in [2.05, 4.69) is 43.3 Å². The third-order valence-corrected chi connectivity index (χ3v) is 4.23. The van der Waals surface area contributed by atoms with Crippen molar-refractivity contribution in [2.75, 3.05) is 11.9 Å². The molecule has 1 aromatic carbocycles. The van der Waals surface area contributed by atoms with Crippen LogP contribution >= 0.6 is 15.9 Å². The number of amides is 1. The van der Waals surface area contributed by atoms with Crippen LogP contribution in [0.25, 0.3) is 0 Å². The Kier molecular flexibility index (Phi) is 3.92. The third kappa shape index (κ3) is 2.78. The molecule has 21 heavy (non-hydrogen) atoms. The van der Waals surface area contributed by atoms with E-state index in [-0.39, 0.29) is 11.9 Å². The highest BCUT2D eigenvalue weighted by Gasteiger charge is 2.33. The molecular formula is C16H16BrN3O. The highest BCUT2D eigenvalue weighted by atomic mass is 79.9. The van der Waals surface area contributed by atoms with E-state index in [1.807, 2.05) is 24.3 Å². The highest BCUT2D eigenvalue weighted by Crippen LogP contribution is 2.33. The minimum absolute atomic E-state index is 0.0447. The molecule has 0 saturated heterocycles. The van der Waals surface area contributed by atoms with Gasteiger partial charge >= 0.3 is 0 Å². The molecular weight excluding hydrogens is 330 g/mol. The van der Waals surface area contributed by atoms with Crippen molar-refractivity contribution in [3.63, 3.8) is 0 Å². The summed E-state index contributed by atoms with van der Waals surface area (Å²) in [6.07, 6.45) is 2.53. The van der Waals surface area contributed by atoms with Crippen LogP contribution < -0.4 is 10.2 Å². The summed E-state index contributed by atoms with van der Waals surface area (Å²) < 4.78 is 0.955. The van der Waals surface area contributed by atoms with Crippen LogP contribution in [-0.4, -0.2) is 24.0 Å². The monoisotopic (exact) mass is 345 g/mol. The zero-order valence-electron chi connectivity index (χ0n) is 11.7. The highest BCUT2D eigenvalue weighted by molar-refractivity contribution is 9.10. The maximum Gasteiger partial charge on any atom is 0.242 e.